The molecule has 5 aliphatic rings. The molecule has 1 saturated heterocycles. The highest BCUT2D eigenvalue weighted by molar-refractivity contribution is 5.96. The van der Waals surface area contributed by atoms with E-state index in [0.29, 0.717) is 38.5 Å². The van der Waals surface area contributed by atoms with Crippen molar-refractivity contribution in [2.45, 2.75) is 101 Å². The number of ketones is 1. The van der Waals surface area contributed by atoms with Gasteiger partial charge >= 0.3 is 5.97 Å². The second-order valence-corrected chi connectivity index (χ2v) is 12.7. The lowest BCUT2D eigenvalue weighted by molar-refractivity contribution is -0.298. The largest absolute Gasteiger partial charge is 0.432 e. The molecule has 37 heavy (non-hydrogen) atoms. The van der Waals surface area contributed by atoms with Gasteiger partial charge in [0.2, 0.25) is 6.29 Å². The highest BCUT2D eigenvalue weighted by atomic mass is 16.7. The zero-order valence-electron chi connectivity index (χ0n) is 21.3. The number of esters is 1. The van der Waals surface area contributed by atoms with Crippen molar-refractivity contribution in [3.8, 4) is 0 Å². The average molecular weight is 529 g/mol. The van der Waals surface area contributed by atoms with E-state index >= 15 is 0 Å². The third-order valence-electron chi connectivity index (χ3n) is 11.0. The van der Waals surface area contributed by atoms with Crippen molar-refractivity contribution < 1.29 is 54.8 Å². The summed E-state index contributed by atoms with van der Waals surface area (Å²) >= 11 is 0. The smallest absolute Gasteiger partial charge is 0.314 e. The van der Waals surface area contributed by atoms with Crippen LogP contribution in [0, 0.1) is 34.0 Å². The number of Topliss-reactive ketones (excluding diaryl/α,β-unsaturated/α-hetero) is 1. The van der Waals surface area contributed by atoms with E-state index in [9.17, 15) is 45.3 Å². The van der Waals surface area contributed by atoms with Crippen LogP contribution in [0.4, 0.5) is 0 Å². The molecule has 0 amide bonds. The Labute approximate surface area is 215 Å². The fraction of sp³-hybridized carbons (Fsp3) is 0.923. The van der Waals surface area contributed by atoms with Gasteiger partial charge in [-0.2, -0.15) is 0 Å². The predicted molar refractivity (Wildman–Crippen MR) is 124 cm³/mol. The summed E-state index contributed by atoms with van der Waals surface area (Å²) in [6, 6.07) is 0. The number of hydrogen-bond donors (Lipinski definition) is 7. The van der Waals surface area contributed by atoms with Crippen LogP contribution in [-0.2, 0) is 19.1 Å². The molecule has 11 heteroatoms. The Morgan fingerprint density at radius 1 is 1.05 bits per heavy atom. The standard InChI is InChI=1S/C26H40O11/c1-23-5-3-6-24(2,22(34)37-20-18(32)17(31)16(30)14(10-27)36-20)15(23)4-7-25-9-12(8-13(29)19(23)25)26(35,11-28)21(25)33/h12-20,27-32,35H,3-11H2,1-2H3/t12-,13+,14-,15+,16-,17+,18-,19+,20+,23-,24-,25-,26-/m1/s1. The monoisotopic (exact) mass is 528 g/mol. The van der Waals surface area contributed by atoms with Crippen molar-refractivity contribution in [3.63, 3.8) is 0 Å². The van der Waals surface area contributed by atoms with Gasteiger partial charge in [-0.25, -0.2) is 0 Å². The number of rotatable bonds is 4. The van der Waals surface area contributed by atoms with Crippen LogP contribution in [0.3, 0.4) is 0 Å². The molecule has 5 rings (SSSR count). The molecule has 5 fully saturated rings. The molecule has 11 nitrogen and oxygen atoms in total. The fourth-order valence-corrected chi connectivity index (χ4v) is 9.29. The summed E-state index contributed by atoms with van der Waals surface area (Å²) in [7, 11) is 0. The van der Waals surface area contributed by atoms with Crippen molar-refractivity contribution in [1.82, 2.24) is 0 Å². The zero-order valence-corrected chi connectivity index (χ0v) is 21.3. The van der Waals surface area contributed by atoms with E-state index in [1.165, 1.54) is 0 Å². The van der Waals surface area contributed by atoms with Crippen molar-refractivity contribution >= 4 is 11.8 Å². The van der Waals surface area contributed by atoms with Gasteiger partial charge < -0.3 is 45.2 Å². The van der Waals surface area contributed by atoms with Crippen LogP contribution >= 0.6 is 0 Å². The molecule has 4 saturated carbocycles. The maximum atomic E-state index is 13.7. The zero-order chi connectivity index (χ0) is 27.1. The first-order valence-corrected chi connectivity index (χ1v) is 13.4. The minimum absolute atomic E-state index is 0.198. The Morgan fingerprint density at radius 3 is 2.41 bits per heavy atom. The van der Waals surface area contributed by atoms with Crippen LogP contribution in [-0.4, -0.2) is 103 Å². The third-order valence-corrected chi connectivity index (χ3v) is 11.0. The van der Waals surface area contributed by atoms with Gasteiger partial charge in [0.25, 0.3) is 0 Å². The van der Waals surface area contributed by atoms with Crippen LogP contribution < -0.4 is 0 Å². The molecule has 0 aromatic rings. The number of carbonyl (C=O) groups is 2. The SMILES string of the molecule is C[C@@]12CCC[C@@](C)(C(=O)O[C@@H]3O[C@H](CO)[C@@H](O)[C@H](O)[C@H]3O)[C@H]1CC[C@@]13C[C@@H](C[C@H](O)[C@H]12)[C@](O)(CO)C3=O. The summed E-state index contributed by atoms with van der Waals surface area (Å²) in [5.74, 6) is -2.35. The van der Waals surface area contributed by atoms with Gasteiger partial charge in [0.1, 0.15) is 30.0 Å². The van der Waals surface area contributed by atoms with Gasteiger partial charge in [-0.05, 0) is 56.8 Å². The third kappa shape index (κ3) is 3.55. The van der Waals surface area contributed by atoms with Gasteiger partial charge in [-0.3, -0.25) is 9.59 Å². The molecule has 0 aromatic carbocycles. The molecule has 0 aromatic heterocycles. The maximum Gasteiger partial charge on any atom is 0.314 e. The summed E-state index contributed by atoms with van der Waals surface area (Å²) in [6.07, 6.45) is -5.43. The summed E-state index contributed by atoms with van der Waals surface area (Å²) in [5.41, 5.74) is -4.53. The predicted octanol–water partition coefficient (Wildman–Crippen LogP) is -1.38. The van der Waals surface area contributed by atoms with Gasteiger partial charge in [0.05, 0.1) is 24.7 Å². The highest BCUT2D eigenvalue weighted by Gasteiger charge is 2.74. The number of hydrogen-bond acceptors (Lipinski definition) is 11. The van der Waals surface area contributed by atoms with Crippen molar-refractivity contribution in [1.29, 1.82) is 0 Å². The van der Waals surface area contributed by atoms with Crippen LogP contribution in [0.15, 0.2) is 0 Å². The van der Waals surface area contributed by atoms with Gasteiger partial charge in [-0.1, -0.05) is 13.3 Å². The molecular formula is C26H40O11. The molecule has 0 unspecified atom stereocenters. The Balaban J connectivity index is 1.44. The Bertz CT molecular complexity index is 941. The summed E-state index contributed by atoms with van der Waals surface area (Å²) in [6.45, 7) is 2.45. The number of aliphatic hydroxyl groups is 7. The highest BCUT2D eigenvalue weighted by Crippen LogP contribution is 2.71. The summed E-state index contributed by atoms with van der Waals surface area (Å²) < 4.78 is 11.0. The average Bonchev–Trinajstić information content (AvgIpc) is 3.02. The first kappa shape index (κ1) is 27.4. The van der Waals surface area contributed by atoms with Crippen LogP contribution in [0.5, 0.6) is 0 Å². The quantitative estimate of drug-likeness (QED) is 0.212. The Hall–Kier alpha value is -1.18. The second kappa shape index (κ2) is 8.92. The summed E-state index contributed by atoms with van der Waals surface area (Å²) in [5, 5.41) is 72.3. The van der Waals surface area contributed by atoms with Gasteiger partial charge in [0.15, 0.2) is 5.78 Å². The number of carbonyl (C=O) groups excluding carboxylic acids is 2. The number of aliphatic hydroxyl groups excluding tert-OH is 6. The van der Waals surface area contributed by atoms with Crippen LogP contribution in [0.25, 0.3) is 0 Å². The van der Waals surface area contributed by atoms with E-state index in [4.69, 9.17) is 9.47 Å². The van der Waals surface area contributed by atoms with E-state index in [1.54, 1.807) is 6.92 Å². The lowest BCUT2D eigenvalue weighted by Gasteiger charge is -2.63. The fourth-order valence-electron chi connectivity index (χ4n) is 9.29. The molecule has 7 N–H and O–H groups in total. The molecule has 0 radical (unpaired) electrons. The lowest BCUT2D eigenvalue weighted by Crippen LogP contribution is -2.64. The van der Waals surface area contributed by atoms with Gasteiger partial charge in [-0.15, -0.1) is 0 Å². The topological polar surface area (TPSA) is 194 Å². The van der Waals surface area contributed by atoms with Crippen molar-refractivity contribution in [2.24, 2.45) is 34.0 Å². The molecule has 1 heterocycles. The van der Waals surface area contributed by atoms with Crippen LogP contribution in [0.1, 0.15) is 58.8 Å². The Kier molecular flexibility index (Phi) is 6.60. The van der Waals surface area contributed by atoms with E-state index in [-0.39, 0.29) is 12.3 Å². The molecule has 13 atom stereocenters. The lowest BCUT2D eigenvalue weighted by atomic mass is 9.40. The first-order chi connectivity index (χ1) is 17.3. The second-order valence-electron chi connectivity index (χ2n) is 12.7. The van der Waals surface area contributed by atoms with Crippen molar-refractivity contribution in [3.05, 3.63) is 0 Å². The van der Waals surface area contributed by atoms with Gasteiger partial charge in [0, 0.05) is 17.3 Å². The molecule has 2 bridgehead atoms. The maximum absolute atomic E-state index is 13.7. The minimum atomic E-state index is -1.86. The van der Waals surface area contributed by atoms with Crippen LogP contribution in [0.2, 0.25) is 0 Å². The van der Waals surface area contributed by atoms with Crippen molar-refractivity contribution in [2.75, 3.05) is 13.2 Å². The number of fused-ring (bicyclic) bond motifs is 3. The molecule has 4 aliphatic carbocycles. The van der Waals surface area contributed by atoms with E-state index < -0.39 is 95.5 Å². The minimum Gasteiger partial charge on any atom is -0.432 e. The molecule has 210 valence electrons. The molecule has 1 aliphatic heterocycles. The van der Waals surface area contributed by atoms with E-state index in [0.717, 1.165) is 0 Å². The molecule has 1 spiro atoms. The first-order valence-electron chi connectivity index (χ1n) is 13.4. The Morgan fingerprint density at radius 2 is 1.76 bits per heavy atom. The normalized spacial score (nSPS) is 55.4. The summed E-state index contributed by atoms with van der Waals surface area (Å²) in [4.78, 5) is 27.4. The number of ether oxygens (including phenoxy) is 2. The van der Waals surface area contributed by atoms with E-state index in [1.807, 2.05) is 6.92 Å². The molecular weight excluding hydrogens is 488 g/mol. The van der Waals surface area contributed by atoms with E-state index in [2.05, 4.69) is 0 Å².